The molecule has 0 spiro atoms. The van der Waals surface area contributed by atoms with Crippen molar-refractivity contribution in [1.29, 1.82) is 0 Å². The molecule has 1 nitrogen and oxygen atoms in total. The first-order valence-corrected chi connectivity index (χ1v) is 5.92. The van der Waals surface area contributed by atoms with Crippen LogP contribution in [-0.2, 0) is 0 Å². The summed E-state index contributed by atoms with van der Waals surface area (Å²) in [7, 11) is 0. The fourth-order valence-electron chi connectivity index (χ4n) is 2.37. The minimum Gasteiger partial charge on any atom is -0.371 e. The zero-order chi connectivity index (χ0) is 11.4. The lowest BCUT2D eigenvalue weighted by atomic mass is 10.0. The third kappa shape index (κ3) is 2.74. The monoisotopic (exact) mass is 205 g/mol. The summed E-state index contributed by atoms with van der Waals surface area (Å²) in [5, 5.41) is 0. The molecule has 0 saturated carbocycles. The van der Waals surface area contributed by atoms with E-state index in [-0.39, 0.29) is 0 Å². The zero-order valence-electron chi connectivity index (χ0n) is 10.7. The molecular formula is C14H23N. The lowest BCUT2D eigenvalue weighted by molar-refractivity contribution is 0.786. The van der Waals surface area contributed by atoms with E-state index in [9.17, 15) is 0 Å². The van der Waals surface area contributed by atoms with Crippen LogP contribution in [0.5, 0.6) is 0 Å². The molecule has 0 N–H and O–H groups in total. The highest BCUT2D eigenvalue weighted by atomic mass is 15.1. The summed E-state index contributed by atoms with van der Waals surface area (Å²) < 4.78 is 0. The van der Waals surface area contributed by atoms with Crippen molar-refractivity contribution in [3.8, 4) is 0 Å². The molecule has 1 rings (SSSR count). The van der Waals surface area contributed by atoms with Crippen LogP contribution in [-0.4, -0.2) is 13.1 Å². The van der Waals surface area contributed by atoms with Gasteiger partial charge in [0.1, 0.15) is 0 Å². The molecule has 1 aromatic rings. The molecule has 0 aliphatic carbocycles. The Balaban J connectivity index is 3.11. The van der Waals surface area contributed by atoms with Crippen LogP contribution in [0.25, 0.3) is 0 Å². The van der Waals surface area contributed by atoms with Gasteiger partial charge in [-0.15, -0.1) is 0 Å². The molecule has 0 aliphatic rings. The van der Waals surface area contributed by atoms with Gasteiger partial charge in [0.05, 0.1) is 0 Å². The summed E-state index contributed by atoms with van der Waals surface area (Å²) >= 11 is 0. The van der Waals surface area contributed by atoms with Crippen LogP contribution < -0.4 is 4.90 Å². The number of anilines is 1. The third-order valence-electron chi connectivity index (χ3n) is 2.83. The van der Waals surface area contributed by atoms with Crippen molar-refractivity contribution < 1.29 is 0 Å². The highest BCUT2D eigenvalue weighted by molar-refractivity contribution is 5.60. The maximum Gasteiger partial charge on any atom is 0.0425 e. The molecule has 15 heavy (non-hydrogen) atoms. The molecule has 0 atom stereocenters. The van der Waals surface area contributed by atoms with E-state index in [1.54, 1.807) is 0 Å². The van der Waals surface area contributed by atoms with Gasteiger partial charge in [0, 0.05) is 18.8 Å². The molecule has 0 aromatic heterocycles. The van der Waals surface area contributed by atoms with E-state index in [2.05, 4.69) is 51.7 Å². The van der Waals surface area contributed by atoms with Crippen LogP contribution in [0, 0.1) is 20.8 Å². The number of rotatable bonds is 4. The molecule has 0 fully saturated rings. The van der Waals surface area contributed by atoms with Crippen LogP contribution in [0.4, 0.5) is 5.69 Å². The van der Waals surface area contributed by atoms with Crippen LogP contribution in [0.2, 0.25) is 0 Å². The Hall–Kier alpha value is -0.980. The van der Waals surface area contributed by atoms with Gasteiger partial charge in [-0.1, -0.05) is 24.6 Å². The van der Waals surface area contributed by atoms with Crippen LogP contribution in [0.3, 0.4) is 0 Å². The second kappa shape index (κ2) is 5.20. The van der Waals surface area contributed by atoms with Crippen LogP contribution >= 0.6 is 0 Å². The molecule has 1 aromatic carbocycles. The van der Waals surface area contributed by atoms with E-state index in [1.165, 1.54) is 28.8 Å². The third-order valence-corrected chi connectivity index (χ3v) is 2.83. The lowest BCUT2D eigenvalue weighted by Gasteiger charge is -2.26. The van der Waals surface area contributed by atoms with E-state index in [0.717, 1.165) is 13.1 Å². The molecular weight excluding hydrogens is 182 g/mol. The zero-order valence-corrected chi connectivity index (χ0v) is 10.7. The molecule has 0 aliphatic heterocycles. The number of aryl methyl sites for hydroxylation is 3. The van der Waals surface area contributed by atoms with Gasteiger partial charge in [-0.25, -0.2) is 0 Å². The Labute approximate surface area is 94.1 Å². The predicted molar refractivity (Wildman–Crippen MR) is 68.8 cm³/mol. The number of nitrogens with zero attached hydrogens (tertiary/aromatic N) is 1. The second-order valence-corrected chi connectivity index (χ2v) is 4.33. The first-order chi connectivity index (χ1) is 7.10. The standard InChI is InChI=1S/C14H23N/c1-6-8-15(7-2)14-12(4)9-11(3)10-13(14)5/h9-10H,6-8H2,1-5H3. The van der Waals surface area contributed by atoms with E-state index in [4.69, 9.17) is 0 Å². The van der Waals surface area contributed by atoms with Crippen molar-refractivity contribution in [2.75, 3.05) is 18.0 Å². The van der Waals surface area contributed by atoms with Crippen molar-refractivity contribution in [2.24, 2.45) is 0 Å². The molecule has 0 saturated heterocycles. The van der Waals surface area contributed by atoms with Crippen molar-refractivity contribution in [3.05, 3.63) is 28.8 Å². The summed E-state index contributed by atoms with van der Waals surface area (Å²) in [4.78, 5) is 2.48. The van der Waals surface area contributed by atoms with Gasteiger partial charge in [-0.2, -0.15) is 0 Å². The quantitative estimate of drug-likeness (QED) is 0.721. The maximum absolute atomic E-state index is 2.48. The summed E-state index contributed by atoms with van der Waals surface area (Å²) in [6, 6.07) is 4.56. The average molecular weight is 205 g/mol. The molecule has 0 bridgehead atoms. The Morgan fingerprint density at radius 1 is 1.00 bits per heavy atom. The second-order valence-electron chi connectivity index (χ2n) is 4.33. The Kier molecular flexibility index (Phi) is 4.19. The van der Waals surface area contributed by atoms with Crippen molar-refractivity contribution in [3.63, 3.8) is 0 Å². The van der Waals surface area contributed by atoms with Gasteiger partial charge in [-0.3, -0.25) is 0 Å². The van der Waals surface area contributed by atoms with Crippen LogP contribution in [0.1, 0.15) is 37.0 Å². The minimum absolute atomic E-state index is 1.10. The van der Waals surface area contributed by atoms with Crippen molar-refractivity contribution >= 4 is 5.69 Å². The SMILES string of the molecule is CCCN(CC)c1c(C)cc(C)cc1C. The normalized spacial score (nSPS) is 10.5. The molecule has 84 valence electrons. The Morgan fingerprint density at radius 3 is 1.93 bits per heavy atom. The summed E-state index contributed by atoms with van der Waals surface area (Å²) in [6.07, 6.45) is 1.21. The molecule has 0 radical (unpaired) electrons. The molecule has 0 unspecified atom stereocenters. The molecule has 0 amide bonds. The fourth-order valence-corrected chi connectivity index (χ4v) is 2.37. The van der Waals surface area contributed by atoms with Crippen LogP contribution in [0.15, 0.2) is 12.1 Å². The highest BCUT2D eigenvalue weighted by Crippen LogP contribution is 2.26. The predicted octanol–water partition coefficient (Wildman–Crippen LogP) is 3.85. The van der Waals surface area contributed by atoms with Crippen molar-refractivity contribution in [2.45, 2.75) is 41.0 Å². The summed E-state index contributed by atoms with van der Waals surface area (Å²) in [5.41, 5.74) is 5.61. The topological polar surface area (TPSA) is 3.24 Å². The number of hydrogen-bond donors (Lipinski definition) is 0. The number of hydrogen-bond acceptors (Lipinski definition) is 1. The first kappa shape index (κ1) is 12.1. The summed E-state index contributed by atoms with van der Waals surface area (Å²) in [6.45, 7) is 13.3. The lowest BCUT2D eigenvalue weighted by Crippen LogP contribution is -2.25. The number of benzene rings is 1. The Morgan fingerprint density at radius 2 is 1.53 bits per heavy atom. The van der Waals surface area contributed by atoms with Gasteiger partial charge in [0.2, 0.25) is 0 Å². The minimum atomic E-state index is 1.10. The first-order valence-electron chi connectivity index (χ1n) is 5.92. The van der Waals surface area contributed by atoms with Gasteiger partial charge < -0.3 is 4.90 Å². The van der Waals surface area contributed by atoms with Crippen molar-refractivity contribution in [1.82, 2.24) is 0 Å². The Bertz CT molecular complexity index is 305. The van der Waals surface area contributed by atoms with E-state index >= 15 is 0 Å². The maximum atomic E-state index is 2.48. The highest BCUT2D eigenvalue weighted by Gasteiger charge is 2.09. The van der Waals surface area contributed by atoms with E-state index in [0.29, 0.717) is 0 Å². The van der Waals surface area contributed by atoms with E-state index in [1.807, 2.05) is 0 Å². The largest absolute Gasteiger partial charge is 0.371 e. The average Bonchev–Trinajstić information content (AvgIpc) is 2.14. The van der Waals surface area contributed by atoms with Gasteiger partial charge >= 0.3 is 0 Å². The van der Waals surface area contributed by atoms with Gasteiger partial charge in [-0.05, 0) is 45.2 Å². The molecule has 0 heterocycles. The summed E-state index contributed by atoms with van der Waals surface area (Å²) in [5.74, 6) is 0. The van der Waals surface area contributed by atoms with Gasteiger partial charge in [0.15, 0.2) is 0 Å². The van der Waals surface area contributed by atoms with Gasteiger partial charge in [0.25, 0.3) is 0 Å². The van der Waals surface area contributed by atoms with E-state index < -0.39 is 0 Å². The smallest absolute Gasteiger partial charge is 0.0425 e. The molecule has 1 heteroatoms. The fraction of sp³-hybridized carbons (Fsp3) is 0.571.